The number of nitrogens with one attached hydrogen (secondary N) is 1. The maximum atomic E-state index is 13.7. The average molecular weight is 526 g/mol. The molecule has 10 nitrogen and oxygen atoms in total. The van der Waals surface area contributed by atoms with Gasteiger partial charge in [-0.15, -0.1) is 0 Å². The molecule has 0 saturated heterocycles. The quantitative estimate of drug-likeness (QED) is 0.205. The molecule has 4 heterocycles. The first-order valence-electron chi connectivity index (χ1n) is 12.6. The lowest BCUT2D eigenvalue weighted by molar-refractivity contribution is -0.383. The van der Waals surface area contributed by atoms with Gasteiger partial charge in [-0.3, -0.25) is 10.1 Å². The normalized spacial score (nSPS) is 14.4. The third-order valence-corrected chi connectivity index (χ3v) is 6.69. The molecule has 0 spiro atoms. The number of hydrogen-bond donors (Lipinski definition) is 1. The second-order valence-electron chi connectivity index (χ2n) is 9.16. The Balaban J connectivity index is 1.37. The molecule has 0 bridgehead atoms. The van der Waals surface area contributed by atoms with Crippen LogP contribution in [0.5, 0.6) is 5.88 Å². The topological polar surface area (TPSA) is 121 Å². The van der Waals surface area contributed by atoms with Gasteiger partial charge in [-0.2, -0.15) is 0 Å². The van der Waals surface area contributed by atoms with Gasteiger partial charge in [0.15, 0.2) is 5.52 Å². The predicted molar refractivity (Wildman–Crippen MR) is 144 cm³/mol. The molecule has 6 rings (SSSR count). The van der Waals surface area contributed by atoms with Crippen molar-refractivity contribution in [3.63, 3.8) is 0 Å². The smallest absolute Gasteiger partial charge is 0.295 e. The van der Waals surface area contributed by atoms with Crippen LogP contribution in [0.4, 0.5) is 16.0 Å². The third-order valence-electron chi connectivity index (χ3n) is 6.69. The number of fused-ring (bicyclic) bond motifs is 2. The van der Waals surface area contributed by atoms with E-state index in [0.717, 1.165) is 29.9 Å². The van der Waals surface area contributed by atoms with E-state index in [4.69, 9.17) is 14.7 Å². The number of aryl methyl sites for hydroxylation is 1. The van der Waals surface area contributed by atoms with Crippen molar-refractivity contribution in [2.75, 3.05) is 18.5 Å². The van der Waals surface area contributed by atoms with E-state index < -0.39 is 4.92 Å². The summed E-state index contributed by atoms with van der Waals surface area (Å²) in [4.78, 5) is 29.4. The Morgan fingerprint density at radius 3 is 2.74 bits per heavy atom. The second-order valence-corrected chi connectivity index (χ2v) is 9.16. The molecule has 196 valence electrons. The minimum absolute atomic E-state index is 0.0674. The van der Waals surface area contributed by atoms with Crippen LogP contribution in [0.15, 0.2) is 66.9 Å². The lowest BCUT2D eigenvalue weighted by Gasteiger charge is -2.18. The van der Waals surface area contributed by atoms with Crippen molar-refractivity contribution in [3.8, 4) is 28.5 Å². The van der Waals surface area contributed by atoms with Crippen molar-refractivity contribution < 1.29 is 14.1 Å². The van der Waals surface area contributed by atoms with Crippen molar-refractivity contribution >= 4 is 22.5 Å². The first-order valence-corrected chi connectivity index (χ1v) is 12.6. The van der Waals surface area contributed by atoms with Crippen LogP contribution in [0.25, 0.3) is 33.5 Å². The van der Waals surface area contributed by atoms with Crippen LogP contribution in [0.3, 0.4) is 0 Å². The van der Waals surface area contributed by atoms with Gasteiger partial charge in [0, 0.05) is 42.2 Å². The number of nitrogens with zero attached hydrogens (tertiary/aromatic N) is 6. The van der Waals surface area contributed by atoms with E-state index in [-0.39, 0.29) is 29.7 Å². The highest BCUT2D eigenvalue weighted by atomic mass is 19.1. The number of halogens is 1. The molecule has 0 saturated carbocycles. The molecule has 0 amide bonds. The fourth-order valence-electron chi connectivity index (χ4n) is 4.94. The van der Waals surface area contributed by atoms with Gasteiger partial charge in [0.05, 0.1) is 28.0 Å². The number of nitro benzene ring substituents is 1. The number of aromatic nitrogens is 5. The first kappa shape index (κ1) is 24.4. The number of non-ortho nitro benzene ring substituents is 1. The minimum Gasteiger partial charge on any atom is -0.475 e. The van der Waals surface area contributed by atoms with E-state index in [1.54, 1.807) is 42.6 Å². The molecule has 1 aliphatic heterocycles. The number of benzene rings is 2. The van der Waals surface area contributed by atoms with E-state index >= 15 is 0 Å². The van der Waals surface area contributed by atoms with Gasteiger partial charge in [0.2, 0.25) is 11.8 Å². The van der Waals surface area contributed by atoms with Crippen LogP contribution < -0.4 is 10.1 Å². The lowest BCUT2D eigenvalue weighted by atomic mass is 10.1. The zero-order chi connectivity index (χ0) is 26.9. The molecule has 0 radical (unpaired) electrons. The zero-order valence-corrected chi connectivity index (χ0v) is 21.0. The number of nitro groups is 1. The van der Waals surface area contributed by atoms with Crippen LogP contribution in [-0.2, 0) is 6.42 Å². The van der Waals surface area contributed by atoms with Gasteiger partial charge in [0.1, 0.15) is 18.2 Å². The molecule has 1 N–H and O–H groups in total. The Bertz CT molecular complexity index is 1690. The Hall–Kier alpha value is -4.93. The summed E-state index contributed by atoms with van der Waals surface area (Å²) in [6.45, 7) is 2.93. The summed E-state index contributed by atoms with van der Waals surface area (Å²) in [5.41, 5.74) is 3.18. The van der Waals surface area contributed by atoms with Crippen LogP contribution in [-0.4, -0.2) is 42.6 Å². The molecular formula is C28H24FN7O3. The maximum Gasteiger partial charge on any atom is 0.295 e. The maximum absolute atomic E-state index is 13.7. The lowest BCUT2D eigenvalue weighted by Crippen LogP contribution is -2.16. The van der Waals surface area contributed by atoms with Crippen LogP contribution >= 0.6 is 0 Å². The number of rotatable bonds is 8. The number of hydrogen-bond acceptors (Lipinski definition) is 8. The highest BCUT2D eigenvalue weighted by Gasteiger charge is 2.31. The number of imidazole rings is 1. The molecule has 11 heteroatoms. The molecule has 5 aromatic rings. The van der Waals surface area contributed by atoms with Crippen LogP contribution in [0.2, 0.25) is 0 Å². The summed E-state index contributed by atoms with van der Waals surface area (Å²) in [6.07, 6.45) is 3.21. The summed E-state index contributed by atoms with van der Waals surface area (Å²) in [6, 6.07) is 16.3. The molecule has 1 aliphatic rings. The number of para-hydroxylation sites is 1. The number of pyridine rings is 1. The van der Waals surface area contributed by atoms with Gasteiger partial charge < -0.3 is 14.6 Å². The Morgan fingerprint density at radius 1 is 1.10 bits per heavy atom. The van der Waals surface area contributed by atoms with Crippen molar-refractivity contribution in [2.45, 2.75) is 25.8 Å². The zero-order valence-electron chi connectivity index (χ0n) is 21.0. The van der Waals surface area contributed by atoms with Gasteiger partial charge in [-0.25, -0.2) is 24.3 Å². The summed E-state index contributed by atoms with van der Waals surface area (Å²) in [5.74, 6) is 1.37. The van der Waals surface area contributed by atoms with Crippen molar-refractivity contribution in [2.24, 2.45) is 0 Å². The Morgan fingerprint density at radius 2 is 1.95 bits per heavy atom. The summed E-state index contributed by atoms with van der Waals surface area (Å²) >= 11 is 0. The molecule has 0 unspecified atom stereocenters. The average Bonchev–Trinajstić information content (AvgIpc) is 3.52. The standard InChI is InChI=1S/C28H24FN7O3/c1-2-30-28-31-15-14-21(32-28)27-26(18-6-9-19(29)10-7-18)33-23-12-11-20(35(23)27)16-39-24-13-8-17-4-3-5-22(36(37)38)25(17)34-24/h3-10,13-15,20H,2,11-12,16H2,1H3,(H,30,31,32)/t20-/m0/s1. The van der Waals surface area contributed by atoms with Gasteiger partial charge >= 0.3 is 0 Å². The molecule has 0 fully saturated rings. The third kappa shape index (κ3) is 4.63. The predicted octanol–water partition coefficient (Wildman–Crippen LogP) is 5.60. The monoisotopic (exact) mass is 525 g/mol. The second kappa shape index (κ2) is 10.1. The molecule has 39 heavy (non-hydrogen) atoms. The van der Waals surface area contributed by atoms with Gasteiger partial charge in [-0.05, 0) is 49.7 Å². The molecule has 2 aromatic carbocycles. The number of anilines is 1. The van der Waals surface area contributed by atoms with Gasteiger partial charge in [-0.1, -0.05) is 12.1 Å². The minimum atomic E-state index is -0.444. The molecule has 0 aliphatic carbocycles. The largest absolute Gasteiger partial charge is 0.475 e. The SMILES string of the molecule is CCNc1nccc(-c2c(-c3ccc(F)cc3)nc3n2[C@H](COc2ccc4cccc([N+](=O)[O-])c4n2)CC3)n1. The highest BCUT2D eigenvalue weighted by molar-refractivity contribution is 5.87. The summed E-state index contributed by atoms with van der Waals surface area (Å²) < 4.78 is 21.9. The van der Waals surface area contributed by atoms with Crippen molar-refractivity contribution in [1.29, 1.82) is 0 Å². The Labute approximate surface area is 222 Å². The van der Waals surface area contributed by atoms with Crippen LogP contribution in [0, 0.1) is 15.9 Å². The fourth-order valence-corrected chi connectivity index (χ4v) is 4.94. The van der Waals surface area contributed by atoms with Crippen LogP contribution in [0.1, 0.15) is 25.2 Å². The highest BCUT2D eigenvalue weighted by Crippen LogP contribution is 2.39. The molecule has 3 aromatic heterocycles. The summed E-state index contributed by atoms with van der Waals surface area (Å²) in [5, 5.41) is 15.3. The van der Waals surface area contributed by atoms with Crippen molar-refractivity contribution in [3.05, 3.63) is 88.6 Å². The van der Waals surface area contributed by atoms with Crippen molar-refractivity contribution in [1.82, 2.24) is 24.5 Å². The van der Waals surface area contributed by atoms with E-state index in [1.165, 1.54) is 18.2 Å². The first-order chi connectivity index (χ1) is 19.0. The van der Waals surface area contributed by atoms with E-state index in [0.29, 0.717) is 35.1 Å². The van der Waals surface area contributed by atoms with E-state index in [1.807, 2.05) is 13.0 Å². The molecule has 1 atom stereocenters. The van der Waals surface area contributed by atoms with E-state index in [2.05, 4.69) is 19.9 Å². The fraction of sp³-hybridized carbons (Fsp3) is 0.214. The summed E-state index contributed by atoms with van der Waals surface area (Å²) in [7, 11) is 0. The van der Waals surface area contributed by atoms with Gasteiger partial charge in [0.25, 0.3) is 5.69 Å². The Kier molecular flexibility index (Phi) is 6.31. The molecular weight excluding hydrogens is 501 g/mol. The number of ether oxygens (including phenoxy) is 1. The van der Waals surface area contributed by atoms with E-state index in [9.17, 15) is 14.5 Å².